The number of rotatable bonds is 3. The number of hydrogen-bond acceptors (Lipinski definition) is 2. The molecule has 2 nitrogen and oxygen atoms in total. The van der Waals surface area contributed by atoms with Gasteiger partial charge in [0.25, 0.3) is 0 Å². The molecule has 2 aromatic rings. The predicted octanol–water partition coefficient (Wildman–Crippen LogP) is 3.24. The number of carbonyl (C=O) groups excluding carboxylic acids is 1. The van der Waals surface area contributed by atoms with Crippen molar-refractivity contribution < 1.29 is 4.79 Å². The highest BCUT2D eigenvalue weighted by molar-refractivity contribution is 6.03. The number of pyridine rings is 1. The van der Waals surface area contributed by atoms with Crippen LogP contribution in [-0.4, -0.2) is 10.8 Å². The predicted molar refractivity (Wildman–Crippen MR) is 68.0 cm³/mol. The molecular weight excluding hydrogens is 210 g/mol. The maximum atomic E-state index is 12.4. The molecule has 17 heavy (non-hydrogen) atoms. The number of hydrogen-bond donors (Lipinski definition) is 0. The quantitative estimate of drug-likeness (QED) is 0.750. The third-order valence-corrected chi connectivity index (χ3v) is 2.91. The van der Waals surface area contributed by atoms with Crippen molar-refractivity contribution in [3.63, 3.8) is 0 Å². The SMILES string of the molecule is CC(C)(C(=O)c1ccccc1)c1ccccn1. The van der Waals surface area contributed by atoms with Gasteiger partial charge >= 0.3 is 0 Å². The minimum atomic E-state index is -0.595. The van der Waals surface area contributed by atoms with Gasteiger partial charge in [-0.25, -0.2) is 0 Å². The summed E-state index contributed by atoms with van der Waals surface area (Å²) in [4.78, 5) is 16.7. The molecule has 2 heteroatoms. The number of benzene rings is 1. The number of aromatic nitrogens is 1. The van der Waals surface area contributed by atoms with Crippen LogP contribution < -0.4 is 0 Å². The average molecular weight is 225 g/mol. The first-order valence-electron chi connectivity index (χ1n) is 5.64. The standard InChI is InChI=1S/C15H15NO/c1-15(2,13-10-6-7-11-16-13)14(17)12-8-4-3-5-9-12/h3-11H,1-2H3. The van der Waals surface area contributed by atoms with Crippen molar-refractivity contribution in [1.82, 2.24) is 4.98 Å². The summed E-state index contributed by atoms with van der Waals surface area (Å²) < 4.78 is 0. The maximum absolute atomic E-state index is 12.4. The summed E-state index contributed by atoms with van der Waals surface area (Å²) in [5.41, 5.74) is 0.930. The summed E-state index contributed by atoms with van der Waals surface area (Å²) in [5, 5.41) is 0. The lowest BCUT2D eigenvalue weighted by Gasteiger charge is -2.22. The van der Waals surface area contributed by atoms with E-state index >= 15 is 0 Å². The molecule has 0 fully saturated rings. The van der Waals surface area contributed by atoms with Crippen LogP contribution in [0, 0.1) is 0 Å². The van der Waals surface area contributed by atoms with Crippen molar-refractivity contribution in [3.8, 4) is 0 Å². The monoisotopic (exact) mass is 225 g/mol. The van der Waals surface area contributed by atoms with Crippen LogP contribution in [0.1, 0.15) is 29.9 Å². The molecule has 0 N–H and O–H groups in total. The van der Waals surface area contributed by atoms with Crippen molar-refractivity contribution in [3.05, 3.63) is 66.0 Å². The summed E-state index contributed by atoms with van der Waals surface area (Å²) in [6.45, 7) is 3.81. The molecule has 0 aliphatic carbocycles. The van der Waals surface area contributed by atoms with E-state index < -0.39 is 5.41 Å². The van der Waals surface area contributed by atoms with E-state index in [9.17, 15) is 4.79 Å². The molecule has 0 aliphatic heterocycles. The van der Waals surface area contributed by atoms with Crippen molar-refractivity contribution in [2.24, 2.45) is 0 Å². The molecular formula is C15H15NO. The summed E-state index contributed by atoms with van der Waals surface area (Å²) >= 11 is 0. The maximum Gasteiger partial charge on any atom is 0.174 e. The first-order valence-corrected chi connectivity index (χ1v) is 5.64. The fraction of sp³-hybridized carbons (Fsp3) is 0.200. The van der Waals surface area contributed by atoms with Gasteiger partial charge in [0.1, 0.15) is 0 Å². The second-order valence-corrected chi connectivity index (χ2v) is 4.54. The highest BCUT2D eigenvalue weighted by Gasteiger charge is 2.31. The number of Topliss-reactive ketones (excluding diaryl/α,β-unsaturated/α-hetero) is 1. The molecule has 0 spiro atoms. The summed E-state index contributed by atoms with van der Waals surface area (Å²) in [7, 11) is 0. The van der Waals surface area contributed by atoms with E-state index in [1.165, 1.54) is 0 Å². The summed E-state index contributed by atoms with van der Waals surface area (Å²) in [5.74, 6) is 0.0943. The second kappa shape index (κ2) is 4.50. The van der Waals surface area contributed by atoms with Crippen molar-refractivity contribution in [2.45, 2.75) is 19.3 Å². The first kappa shape index (κ1) is 11.5. The van der Waals surface area contributed by atoms with Gasteiger partial charge in [0, 0.05) is 11.8 Å². The molecule has 0 bridgehead atoms. The molecule has 2 rings (SSSR count). The first-order chi connectivity index (χ1) is 8.12. The molecule has 0 amide bonds. The normalized spacial score (nSPS) is 11.2. The largest absolute Gasteiger partial charge is 0.293 e. The fourth-order valence-corrected chi connectivity index (χ4v) is 1.80. The van der Waals surface area contributed by atoms with Crippen LogP contribution in [0.3, 0.4) is 0 Å². The Hall–Kier alpha value is -1.96. The smallest absolute Gasteiger partial charge is 0.174 e. The zero-order chi connectivity index (χ0) is 12.3. The molecule has 0 saturated carbocycles. The average Bonchev–Trinajstić information content (AvgIpc) is 2.40. The zero-order valence-electron chi connectivity index (χ0n) is 10.1. The van der Waals surface area contributed by atoms with Crippen LogP contribution in [-0.2, 0) is 5.41 Å². The van der Waals surface area contributed by atoms with Gasteiger partial charge in [0.05, 0.1) is 11.1 Å². The number of ketones is 1. The van der Waals surface area contributed by atoms with Gasteiger partial charge in [-0.1, -0.05) is 36.4 Å². The van der Waals surface area contributed by atoms with Crippen LogP contribution in [0.4, 0.5) is 0 Å². The Morgan fingerprint density at radius 2 is 1.65 bits per heavy atom. The van der Waals surface area contributed by atoms with Gasteiger partial charge in [-0.05, 0) is 26.0 Å². The third kappa shape index (κ3) is 2.26. The van der Waals surface area contributed by atoms with Crippen LogP contribution in [0.15, 0.2) is 54.7 Å². The Bertz CT molecular complexity index is 503. The van der Waals surface area contributed by atoms with Gasteiger partial charge in [0.2, 0.25) is 0 Å². The summed E-state index contributed by atoms with van der Waals surface area (Å²) in [6.07, 6.45) is 1.72. The minimum Gasteiger partial charge on any atom is -0.293 e. The molecule has 0 unspecified atom stereocenters. The highest BCUT2D eigenvalue weighted by Crippen LogP contribution is 2.25. The topological polar surface area (TPSA) is 30.0 Å². The van der Waals surface area contributed by atoms with E-state index in [2.05, 4.69) is 4.98 Å². The van der Waals surface area contributed by atoms with Crippen LogP contribution in [0.2, 0.25) is 0 Å². The Balaban J connectivity index is 2.37. The van der Waals surface area contributed by atoms with Crippen molar-refractivity contribution >= 4 is 5.78 Å². The van der Waals surface area contributed by atoms with E-state index in [4.69, 9.17) is 0 Å². The van der Waals surface area contributed by atoms with Gasteiger partial charge in [-0.15, -0.1) is 0 Å². The number of nitrogens with zero attached hydrogens (tertiary/aromatic N) is 1. The van der Waals surface area contributed by atoms with Gasteiger partial charge in [-0.2, -0.15) is 0 Å². The highest BCUT2D eigenvalue weighted by atomic mass is 16.1. The van der Waals surface area contributed by atoms with Gasteiger partial charge in [-0.3, -0.25) is 9.78 Å². The van der Waals surface area contributed by atoms with Crippen molar-refractivity contribution in [2.75, 3.05) is 0 Å². The van der Waals surface area contributed by atoms with E-state index in [0.29, 0.717) is 0 Å². The molecule has 1 heterocycles. The van der Waals surface area contributed by atoms with E-state index in [0.717, 1.165) is 11.3 Å². The van der Waals surface area contributed by atoms with Gasteiger partial charge in [0.15, 0.2) is 5.78 Å². The van der Waals surface area contributed by atoms with E-state index in [1.54, 1.807) is 6.20 Å². The molecule has 0 atom stereocenters. The molecule has 86 valence electrons. The van der Waals surface area contributed by atoms with Crippen LogP contribution >= 0.6 is 0 Å². The molecule has 0 aliphatic rings. The molecule has 0 radical (unpaired) electrons. The van der Waals surface area contributed by atoms with Crippen LogP contribution in [0.5, 0.6) is 0 Å². The number of carbonyl (C=O) groups is 1. The molecule has 0 saturated heterocycles. The molecule has 1 aromatic heterocycles. The van der Waals surface area contributed by atoms with Crippen LogP contribution in [0.25, 0.3) is 0 Å². The lowest BCUT2D eigenvalue weighted by Crippen LogP contribution is -2.30. The second-order valence-electron chi connectivity index (χ2n) is 4.54. The minimum absolute atomic E-state index is 0.0943. The lowest BCUT2D eigenvalue weighted by molar-refractivity contribution is 0.0906. The fourth-order valence-electron chi connectivity index (χ4n) is 1.80. The van der Waals surface area contributed by atoms with E-state index in [-0.39, 0.29) is 5.78 Å². The zero-order valence-corrected chi connectivity index (χ0v) is 10.1. The Kier molecular flexibility index (Phi) is 3.05. The van der Waals surface area contributed by atoms with Gasteiger partial charge < -0.3 is 0 Å². The summed E-state index contributed by atoms with van der Waals surface area (Å²) in [6, 6.07) is 15.0. The Morgan fingerprint density at radius 1 is 1.00 bits per heavy atom. The van der Waals surface area contributed by atoms with Crippen molar-refractivity contribution in [1.29, 1.82) is 0 Å². The van der Waals surface area contributed by atoms with E-state index in [1.807, 2.05) is 62.4 Å². The molecule has 1 aromatic carbocycles. The Morgan fingerprint density at radius 3 is 2.24 bits per heavy atom. The third-order valence-electron chi connectivity index (χ3n) is 2.91. The lowest BCUT2D eigenvalue weighted by atomic mass is 9.81. The Labute approximate surface area is 101 Å².